The maximum absolute atomic E-state index is 11.3. The highest BCUT2D eigenvalue weighted by Crippen LogP contribution is 2.23. The van der Waals surface area contributed by atoms with E-state index in [1.807, 2.05) is 39.0 Å². The average Bonchev–Trinajstić information content (AvgIpc) is 2.32. The molecule has 1 unspecified atom stereocenters. The van der Waals surface area contributed by atoms with Gasteiger partial charge in [-0.2, -0.15) is 0 Å². The van der Waals surface area contributed by atoms with Crippen LogP contribution in [0, 0.1) is 13.8 Å². The molecule has 0 bridgehead atoms. The number of alkyl halides is 1. The van der Waals surface area contributed by atoms with Gasteiger partial charge in [-0.25, -0.2) is 0 Å². The summed E-state index contributed by atoms with van der Waals surface area (Å²) in [6.45, 7) is 6.46. The summed E-state index contributed by atoms with van der Waals surface area (Å²) in [6, 6.07) is 6.03. The molecule has 1 N–H and O–H groups in total. The molecule has 0 aliphatic heterocycles. The Labute approximate surface area is 113 Å². The molecule has 0 saturated heterocycles. The first-order chi connectivity index (χ1) is 8.54. The van der Waals surface area contributed by atoms with Crippen molar-refractivity contribution in [1.82, 2.24) is 5.32 Å². The van der Waals surface area contributed by atoms with Crippen molar-refractivity contribution in [1.29, 1.82) is 0 Å². The summed E-state index contributed by atoms with van der Waals surface area (Å²) in [5.41, 5.74) is 2.21. The number of nitrogens with one attached hydrogen (secondary N) is 1. The molecule has 18 heavy (non-hydrogen) atoms. The van der Waals surface area contributed by atoms with Gasteiger partial charge in [0.05, 0.1) is 6.54 Å². The molecule has 0 fully saturated rings. The third-order valence-electron chi connectivity index (χ3n) is 2.64. The summed E-state index contributed by atoms with van der Waals surface area (Å²) in [5, 5.41) is 2.79. The van der Waals surface area contributed by atoms with E-state index >= 15 is 0 Å². The Morgan fingerprint density at radius 3 is 2.56 bits per heavy atom. The molecule has 1 aromatic carbocycles. The van der Waals surface area contributed by atoms with Gasteiger partial charge in [0.2, 0.25) is 5.91 Å². The van der Waals surface area contributed by atoms with Crippen molar-refractivity contribution < 1.29 is 9.53 Å². The van der Waals surface area contributed by atoms with E-state index in [2.05, 4.69) is 5.32 Å². The Hall–Kier alpha value is -1.22. The standard InChI is InChI=1S/C14H20ClNO2/c1-10-5-4-6-11(2)14(10)18-12(3)9-16-13(17)7-8-15/h4-6,12H,7-9H2,1-3H3,(H,16,17). The summed E-state index contributed by atoms with van der Waals surface area (Å²) in [5.74, 6) is 1.20. The van der Waals surface area contributed by atoms with Gasteiger partial charge >= 0.3 is 0 Å². The minimum Gasteiger partial charge on any atom is -0.488 e. The van der Waals surface area contributed by atoms with Crippen LogP contribution in [0.1, 0.15) is 24.5 Å². The lowest BCUT2D eigenvalue weighted by atomic mass is 10.1. The number of carbonyl (C=O) groups excluding carboxylic acids is 1. The number of rotatable bonds is 6. The van der Waals surface area contributed by atoms with Crippen LogP contribution in [-0.2, 0) is 4.79 Å². The van der Waals surface area contributed by atoms with Gasteiger partial charge in [0, 0.05) is 12.3 Å². The van der Waals surface area contributed by atoms with Crippen molar-refractivity contribution in [2.45, 2.75) is 33.3 Å². The molecule has 0 radical (unpaired) electrons. The molecule has 0 heterocycles. The van der Waals surface area contributed by atoms with Gasteiger partial charge in [-0.05, 0) is 31.9 Å². The number of hydrogen-bond acceptors (Lipinski definition) is 2. The lowest BCUT2D eigenvalue weighted by Crippen LogP contribution is -2.33. The zero-order valence-corrected chi connectivity index (χ0v) is 11.9. The number of amides is 1. The van der Waals surface area contributed by atoms with E-state index in [1.54, 1.807) is 0 Å². The summed E-state index contributed by atoms with van der Waals surface area (Å²) in [4.78, 5) is 11.3. The van der Waals surface area contributed by atoms with Crippen LogP contribution in [0.4, 0.5) is 0 Å². The van der Waals surface area contributed by atoms with Gasteiger partial charge < -0.3 is 10.1 Å². The van der Waals surface area contributed by atoms with Crippen molar-refractivity contribution in [2.24, 2.45) is 0 Å². The number of carbonyl (C=O) groups is 1. The topological polar surface area (TPSA) is 38.3 Å². The molecule has 0 aromatic heterocycles. The number of hydrogen-bond donors (Lipinski definition) is 1. The monoisotopic (exact) mass is 269 g/mol. The fourth-order valence-corrected chi connectivity index (χ4v) is 1.83. The predicted molar refractivity (Wildman–Crippen MR) is 74.4 cm³/mol. The lowest BCUT2D eigenvalue weighted by Gasteiger charge is -2.18. The predicted octanol–water partition coefficient (Wildman–Crippen LogP) is 2.82. The second-order valence-electron chi connectivity index (χ2n) is 4.39. The van der Waals surface area contributed by atoms with Crippen LogP contribution in [0.15, 0.2) is 18.2 Å². The van der Waals surface area contributed by atoms with Crippen LogP contribution in [-0.4, -0.2) is 24.4 Å². The Morgan fingerprint density at radius 2 is 2.00 bits per heavy atom. The Kier molecular flexibility index (Phi) is 5.99. The average molecular weight is 270 g/mol. The number of aryl methyl sites for hydroxylation is 2. The SMILES string of the molecule is Cc1cccc(C)c1OC(C)CNC(=O)CCCl. The van der Waals surface area contributed by atoms with E-state index in [0.717, 1.165) is 16.9 Å². The van der Waals surface area contributed by atoms with Crippen molar-refractivity contribution in [3.63, 3.8) is 0 Å². The summed E-state index contributed by atoms with van der Waals surface area (Å²) >= 11 is 5.49. The molecule has 0 spiro atoms. The van der Waals surface area contributed by atoms with Crippen molar-refractivity contribution in [3.8, 4) is 5.75 Å². The number of ether oxygens (including phenoxy) is 1. The second kappa shape index (κ2) is 7.27. The fraction of sp³-hybridized carbons (Fsp3) is 0.500. The van der Waals surface area contributed by atoms with Crippen LogP contribution in [0.25, 0.3) is 0 Å². The molecule has 0 aliphatic carbocycles. The number of para-hydroxylation sites is 1. The molecular formula is C14H20ClNO2. The van der Waals surface area contributed by atoms with E-state index in [0.29, 0.717) is 18.8 Å². The normalized spacial score (nSPS) is 12.0. The number of halogens is 1. The highest BCUT2D eigenvalue weighted by Gasteiger charge is 2.10. The van der Waals surface area contributed by atoms with Gasteiger partial charge in [-0.15, -0.1) is 11.6 Å². The Balaban J connectivity index is 2.49. The third-order valence-corrected chi connectivity index (χ3v) is 2.83. The third kappa shape index (κ3) is 4.57. The molecule has 100 valence electrons. The van der Waals surface area contributed by atoms with Crippen molar-refractivity contribution in [3.05, 3.63) is 29.3 Å². The van der Waals surface area contributed by atoms with Gasteiger partial charge in [0.1, 0.15) is 11.9 Å². The van der Waals surface area contributed by atoms with Crippen molar-refractivity contribution in [2.75, 3.05) is 12.4 Å². The van der Waals surface area contributed by atoms with Gasteiger partial charge in [-0.3, -0.25) is 4.79 Å². The highest BCUT2D eigenvalue weighted by molar-refractivity contribution is 6.18. The number of benzene rings is 1. The van der Waals surface area contributed by atoms with Gasteiger partial charge in [0.25, 0.3) is 0 Å². The van der Waals surface area contributed by atoms with Crippen LogP contribution >= 0.6 is 11.6 Å². The second-order valence-corrected chi connectivity index (χ2v) is 4.77. The van der Waals surface area contributed by atoms with Crippen LogP contribution in [0.2, 0.25) is 0 Å². The maximum Gasteiger partial charge on any atom is 0.221 e. The molecular weight excluding hydrogens is 250 g/mol. The van der Waals surface area contributed by atoms with Gasteiger partial charge in [0.15, 0.2) is 0 Å². The van der Waals surface area contributed by atoms with E-state index in [-0.39, 0.29) is 12.0 Å². The summed E-state index contributed by atoms with van der Waals surface area (Å²) < 4.78 is 5.86. The minimum absolute atomic E-state index is 0.0399. The van der Waals surface area contributed by atoms with E-state index in [1.165, 1.54) is 0 Å². The van der Waals surface area contributed by atoms with Crippen molar-refractivity contribution >= 4 is 17.5 Å². The molecule has 3 nitrogen and oxygen atoms in total. The van der Waals surface area contributed by atoms with Crippen LogP contribution in [0.3, 0.4) is 0 Å². The first-order valence-electron chi connectivity index (χ1n) is 6.10. The minimum atomic E-state index is -0.0657. The molecule has 1 atom stereocenters. The first kappa shape index (κ1) is 14.8. The maximum atomic E-state index is 11.3. The molecule has 0 saturated carbocycles. The van der Waals surface area contributed by atoms with Crippen LogP contribution in [0.5, 0.6) is 5.75 Å². The summed E-state index contributed by atoms with van der Waals surface area (Å²) in [7, 11) is 0. The largest absolute Gasteiger partial charge is 0.488 e. The fourth-order valence-electron chi connectivity index (χ4n) is 1.66. The van der Waals surface area contributed by atoms with E-state index in [9.17, 15) is 4.79 Å². The Morgan fingerprint density at radius 1 is 1.39 bits per heavy atom. The highest BCUT2D eigenvalue weighted by atomic mass is 35.5. The van der Waals surface area contributed by atoms with Crippen LogP contribution < -0.4 is 10.1 Å². The van der Waals surface area contributed by atoms with E-state index in [4.69, 9.17) is 16.3 Å². The zero-order chi connectivity index (χ0) is 13.5. The molecule has 1 amide bonds. The zero-order valence-electron chi connectivity index (χ0n) is 11.1. The molecule has 1 aromatic rings. The Bertz CT molecular complexity index is 387. The quantitative estimate of drug-likeness (QED) is 0.807. The van der Waals surface area contributed by atoms with Gasteiger partial charge in [-0.1, -0.05) is 18.2 Å². The lowest BCUT2D eigenvalue weighted by molar-refractivity contribution is -0.121. The molecule has 0 aliphatic rings. The summed E-state index contributed by atoms with van der Waals surface area (Å²) in [6.07, 6.45) is 0.279. The molecule has 1 rings (SSSR count). The van der Waals surface area contributed by atoms with E-state index < -0.39 is 0 Å². The smallest absolute Gasteiger partial charge is 0.221 e. The molecule has 4 heteroatoms. The first-order valence-corrected chi connectivity index (χ1v) is 6.63.